The van der Waals surface area contributed by atoms with E-state index in [4.69, 9.17) is 5.14 Å². The van der Waals surface area contributed by atoms with Gasteiger partial charge in [0, 0.05) is 31.1 Å². The molecule has 1 saturated heterocycles. The van der Waals surface area contributed by atoms with Crippen LogP contribution in [0.15, 0.2) is 24.4 Å². The number of amides is 1. The monoisotopic (exact) mass is 283 g/mol. The van der Waals surface area contributed by atoms with Crippen molar-refractivity contribution in [2.24, 2.45) is 5.14 Å². The molecule has 104 valence electrons. The Balaban J connectivity index is 1.99. The number of carbonyl (C=O) groups excluding carboxylic acids is 1. The highest BCUT2D eigenvalue weighted by atomic mass is 32.2. The molecule has 1 fully saturated rings. The second-order valence-corrected chi connectivity index (χ2v) is 6.44. The highest BCUT2D eigenvalue weighted by Gasteiger charge is 2.29. The number of likely N-dealkylation sites (tertiary alicyclic amines) is 1. The molecule has 1 aromatic rings. The number of piperidine rings is 1. The topological polar surface area (TPSA) is 96.3 Å². The fourth-order valence-electron chi connectivity index (χ4n) is 2.12. The van der Waals surface area contributed by atoms with Gasteiger partial charge in [0.1, 0.15) is 0 Å². The molecular formula is C12H17N3O3S. The lowest BCUT2D eigenvalue weighted by Gasteiger charge is -2.30. The zero-order valence-corrected chi connectivity index (χ0v) is 11.3. The van der Waals surface area contributed by atoms with E-state index >= 15 is 0 Å². The lowest BCUT2D eigenvalue weighted by molar-refractivity contribution is -0.126. The Bertz CT molecular complexity index is 563. The van der Waals surface area contributed by atoms with E-state index in [9.17, 15) is 13.2 Å². The maximum atomic E-state index is 12.0. The Hall–Kier alpha value is -1.60. The van der Waals surface area contributed by atoms with Gasteiger partial charge in [0.15, 0.2) is 0 Å². The Labute approximate surface area is 112 Å². The van der Waals surface area contributed by atoms with E-state index in [1.54, 1.807) is 12.3 Å². The molecule has 0 aromatic carbocycles. The minimum atomic E-state index is -3.57. The predicted molar refractivity (Wildman–Crippen MR) is 72.5 cm³/mol. The number of nitrogens with zero attached hydrogens (tertiary/aromatic N) is 1. The van der Waals surface area contributed by atoms with Crippen molar-refractivity contribution in [3.8, 4) is 0 Å². The molecule has 1 unspecified atom stereocenters. The molecule has 7 heteroatoms. The molecule has 1 aliphatic rings. The van der Waals surface area contributed by atoms with Crippen molar-refractivity contribution in [2.75, 3.05) is 13.1 Å². The SMILES string of the molecule is NS(=O)(=O)C1CCCN(C(=O)/C=C/c2ccc[nH]2)C1. The maximum Gasteiger partial charge on any atom is 0.246 e. The van der Waals surface area contributed by atoms with Crippen LogP contribution in [0, 0.1) is 0 Å². The van der Waals surface area contributed by atoms with E-state index in [0.29, 0.717) is 19.4 Å². The number of nitrogens with one attached hydrogen (secondary N) is 1. The maximum absolute atomic E-state index is 12.0. The number of primary sulfonamides is 1. The summed E-state index contributed by atoms with van der Waals surface area (Å²) in [6, 6.07) is 3.68. The number of rotatable bonds is 3. The number of sulfonamides is 1. The summed E-state index contributed by atoms with van der Waals surface area (Å²) < 4.78 is 22.6. The van der Waals surface area contributed by atoms with Crippen molar-refractivity contribution in [1.82, 2.24) is 9.88 Å². The van der Waals surface area contributed by atoms with Gasteiger partial charge in [-0.15, -0.1) is 0 Å². The lowest BCUT2D eigenvalue weighted by Crippen LogP contribution is -2.46. The highest BCUT2D eigenvalue weighted by molar-refractivity contribution is 7.89. The van der Waals surface area contributed by atoms with Crippen LogP contribution >= 0.6 is 0 Å². The number of nitrogens with two attached hydrogens (primary N) is 1. The highest BCUT2D eigenvalue weighted by Crippen LogP contribution is 2.15. The second-order valence-electron chi connectivity index (χ2n) is 4.60. The third-order valence-corrected chi connectivity index (χ3v) is 4.50. The smallest absolute Gasteiger partial charge is 0.246 e. The van der Waals surface area contributed by atoms with Gasteiger partial charge in [-0.3, -0.25) is 4.79 Å². The normalized spacial score (nSPS) is 20.9. The van der Waals surface area contributed by atoms with Gasteiger partial charge in [-0.25, -0.2) is 13.6 Å². The van der Waals surface area contributed by atoms with Gasteiger partial charge in [0.2, 0.25) is 15.9 Å². The Morgan fingerprint density at radius 1 is 1.53 bits per heavy atom. The van der Waals surface area contributed by atoms with Crippen LogP contribution in [-0.4, -0.2) is 42.5 Å². The molecule has 1 aromatic heterocycles. The number of aromatic nitrogens is 1. The largest absolute Gasteiger partial charge is 0.362 e. The van der Waals surface area contributed by atoms with E-state index in [1.165, 1.54) is 11.0 Å². The quantitative estimate of drug-likeness (QED) is 0.781. The van der Waals surface area contributed by atoms with E-state index in [-0.39, 0.29) is 12.5 Å². The molecule has 2 rings (SSSR count). The standard InChI is InChI=1S/C12H17N3O3S/c13-19(17,18)11-4-2-8-15(9-11)12(16)6-5-10-3-1-7-14-10/h1,3,5-7,11,14H,2,4,8-9H2,(H2,13,17,18)/b6-5+. The number of hydrogen-bond acceptors (Lipinski definition) is 3. The third kappa shape index (κ3) is 3.68. The Morgan fingerprint density at radius 2 is 2.32 bits per heavy atom. The minimum Gasteiger partial charge on any atom is -0.362 e. The first kappa shape index (κ1) is 13.8. The van der Waals surface area contributed by atoms with Gasteiger partial charge in [0.25, 0.3) is 0 Å². The number of aromatic amines is 1. The zero-order valence-electron chi connectivity index (χ0n) is 10.5. The molecule has 6 nitrogen and oxygen atoms in total. The van der Waals surface area contributed by atoms with Crippen molar-refractivity contribution >= 4 is 22.0 Å². The fraction of sp³-hybridized carbons (Fsp3) is 0.417. The predicted octanol–water partition coefficient (Wildman–Crippen LogP) is 0.307. The van der Waals surface area contributed by atoms with Crippen molar-refractivity contribution in [1.29, 1.82) is 0 Å². The van der Waals surface area contributed by atoms with Gasteiger partial charge in [-0.1, -0.05) is 0 Å². The first-order chi connectivity index (χ1) is 8.97. The van der Waals surface area contributed by atoms with E-state index in [0.717, 1.165) is 5.69 Å². The molecular weight excluding hydrogens is 266 g/mol. The molecule has 19 heavy (non-hydrogen) atoms. The average molecular weight is 283 g/mol. The van der Waals surface area contributed by atoms with Crippen molar-refractivity contribution in [3.05, 3.63) is 30.1 Å². The van der Waals surface area contributed by atoms with Gasteiger partial charge >= 0.3 is 0 Å². The first-order valence-corrected chi connectivity index (χ1v) is 7.70. The molecule has 1 amide bonds. The van der Waals surface area contributed by atoms with E-state index < -0.39 is 15.3 Å². The summed E-state index contributed by atoms with van der Waals surface area (Å²) in [5, 5.41) is 4.49. The number of H-pyrrole nitrogens is 1. The van der Waals surface area contributed by atoms with Crippen LogP contribution in [0.1, 0.15) is 18.5 Å². The summed E-state index contributed by atoms with van der Waals surface area (Å²) >= 11 is 0. The van der Waals surface area contributed by atoms with Crippen LogP contribution in [-0.2, 0) is 14.8 Å². The van der Waals surface area contributed by atoms with Crippen molar-refractivity contribution < 1.29 is 13.2 Å². The number of hydrogen-bond donors (Lipinski definition) is 2. The molecule has 1 atom stereocenters. The first-order valence-electron chi connectivity index (χ1n) is 6.09. The Kier molecular flexibility index (Phi) is 4.06. The van der Waals surface area contributed by atoms with E-state index in [1.807, 2.05) is 12.1 Å². The molecule has 0 aliphatic carbocycles. The molecule has 0 bridgehead atoms. The van der Waals surface area contributed by atoms with Crippen LogP contribution in [0.25, 0.3) is 6.08 Å². The van der Waals surface area contributed by atoms with Gasteiger partial charge in [-0.2, -0.15) is 0 Å². The summed E-state index contributed by atoms with van der Waals surface area (Å²) in [7, 11) is -3.57. The molecule has 0 spiro atoms. The Morgan fingerprint density at radius 3 is 2.95 bits per heavy atom. The van der Waals surface area contributed by atoms with Gasteiger partial charge in [0.05, 0.1) is 5.25 Å². The summed E-state index contributed by atoms with van der Waals surface area (Å²) in [6.45, 7) is 0.743. The van der Waals surface area contributed by atoms with Crippen LogP contribution < -0.4 is 5.14 Å². The summed E-state index contributed by atoms with van der Waals surface area (Å²) in [5.74, 6) is -0.192. The van der Waals surface area contributed by atoms with Gasteiger partial charge < -0.3 is 9.88 Å². The van der Waals surface area contributed by atoms with Crippen molar-refractivity contribution in [2.45, 2.75) is 18.1 Å². The minimum absolute atomic E-state index is 0.173. The van der Waals surface area contributed by atoms with Crippen LogP contribution in [0.5, 0.6) is 0 Å². The average Bonchev–Trinajstić information content (AvgIpc) is 2.88. The van der Waals surface area contributed by atoms with Crippen LogP contribution in [0.4, 0.5) is 0 Å². The van der Waals surface area contributed by atoms with E-state index in [2.05, 4.69) is 4.98 Å². The molecule has 3 N–H and O–H groups in total. The summed E-state index contributed by atoms with van der Waals surface area (Å²) in [6.07, 6.45) is 6.05. The molecule has 0 radical (unpaired) electrons. The lowest BCUT2D eigenvalue weighted by atomic mass is 10.1. The van der Waals surface area contributed by atoms with Gasteiger partial charge in [-0.05, 0) is 31.1 Å². The third-order valence-electron chi connectivity index (χ3n) is 3.18. The van der Waals surface area contributed by atoms with Crippen molar-refractivity contribution in [3.63, 3.8) is 0 Å². The summed E-state index contributed by atoms with van der Waals surface area (Å²) in [4.78, 5) is 16.4. The number of carbonyl (C=O) groups is 1. The summed E-state index contributed by atoms with van der Waals surface area (Å²) in [5.41, 5.74) is 0.827. The fourth-order valence-corrected chi connectivity index (χ4v) is 3.00. The zero-order chi connectivity index (χ0) is 13.9. The van der Waals surface area contributed by atoms with Crippen LogP contribution in [0.2, 0.25) is 0 Å². The molecule has 0 saturated carbocycles. The molecule has 1 aliphatic heterocycles. The van der Waals surface area contributed by atoms with Crippen LogP contribution in [0.3, 0.4) is 0 Å². The molecule has 2 heterocycles. The second kappa shape index (κ2) is 5.58.